The summed E-state index contributed by atoms with van der Waals surface area (Å²) in [4.78, 5) is 27.1. The average Bonchev–Trinajstić information content (AvgIpc) is 3.40. The lowest BCUT2D eigenvalue weighted by Gasteiger charge is -2.15. The van der Waals surface area contributed by atoms with Gasteiger partial charge in [0, 0.05) is 24.3 Å². The first kappa shape index (κ1) is 20.2. The van der Waals surface area contributed by atoms with Crippen LogP contribution < -0.4 is 5.32 Å². The van der Waals surface area contributed by atoms with Crippen LogP contribution in [0, 0.1) is 6.92 Å². The number of nitrogens with zero attached hydrogens (tertiary/aromatic N) is 2. The number of hydrogen-bond acceptors (Lipinski definition) is 4. The molecule has 154 valence electrons. The number of carbonyl (C=O) groups excluding carboxylic acids is 2. The maximum Gasteiger partial charge on any atom is 0.261 e. The van der Waals surface area contributed by atoms with Gasteiger partial charge in [-0.05, 0) is 43.5 Å². The summed E-state index contributed by atoms with van der Waals surface area (Å²) in [5.41, 5.74) is 2.93. The Morgan fingerprint density at radius 1 is 1.10 bits per heavy atom. The molecule has 3 aromatic rings. The van der Waals surface area contributed by atoms with E-state index in [1.807, 2.05) is 29.2 Å². The summed E-state index contributed by atoms with van der Waals surface area (Å²) in [7, 11) is 0. The standard InChI is InChI=1S/C23H22ClN3O3/c1-15-21(22(26-30-15)18-6-2-3-7-19(18)24)23(29)25-17-10-8-16(9-11-17)14-20(28)27-12-4-5-13-27/h2-3,6-11H,4-5,12-14H2,1H3,(H,25,29). The Balaban J connectivity index is 1.48. The maximum atomic E-state index is 12.9. The van der Waals surface area contributed by atoms with Crippen molar-refractivity contribution in [3.63, 3.8) is 0 Å². The van der Waals surface area contributed by atoms with E-state index >= 15 is 0 Å². The van der Waals surface area contributed by atoms with Crippen LogP contribution in [0.4, 0.5) is 5.69 Å². The number of hydrogen-bond donors (Lipinski definition) is 1. The number of halogens is 1. The summed E-state index contributed by atoms with van der Waals surface area (Å²) in [5.74, 6) is 0.230. The number of benzene rings is 2. The van der Waals surface area contributed by atoms with Gasteiger partial charge >= 0.3 is 0 Å². The molecule has 1 N–H and O–H groups in total. The number of aryl methyl sites for hydroxylation is 1. The summed E-state index contributed by atoms with van der Waals surface area (Å²) >= 11 is 6.27. The molecule has 0 unspecified atom stereocenters. The highest BCUT2D eigenvalue weighted by Crippen LogP contribution is 2.31. The Labute approximate surface area is 179 Å². The predicted octanol–water partition coefficient (Wildman–Crippen LogP) is 4.72. The van der Waals surface area contributed by atoms with Gasteiger partial charge in [-0.15, -0.1) is 0 Å². The molecule has 1 aromatic heterocycles. The SMILES string of the molecule is Cc1onc(-c2ccccc2Cl)c1C(=O)Nc1ccc(CC(=O)N2CCCC2)cc1. The summed E-state index contributed by atoms with van der Waals surface area (Å²) in [6, 6.07) is 14.5. The van der Waals surface area contributed by atoms with Crippen molar-refractivity contribution in [1.82, 2.24) is 10.1 Å². The summed E-state index contributed by atoms with van der Waals surface area (Å²) in [6.07, 6.45) is 2.53. The van der Waals surface area contributed by atoms with E-state index < -0.39 is 0 Å². The largest absolute Gasteiger partial charge is 0.360 e. The molecule has 1 fully saturated rings. The lowest BCUT2D eigenvalue weighted by Crippen LogP contribution is -2.29. The molecule has 6 nitrogen and oxygen atoms in total. The highest BCUT2D eigenvalue weighted by atomic mass is 35.5. The second-order valence-electron chi connectivity index (χ2n) is 7.36. The Morgan fingerprint density at radius 3 is 2.50 bits per heavy atom. The fourth-order valence-corrected chi connectivity index (χ4v) is 3.85. The molecule has 0 saturated carbocycles. The zero-order chi connectivity index (χ0) is 21.1. The number of carbonyl (C=O) groups is 2. The zero-order valence-corrected chi connectivity index (χ0v) is 17.4. The molecule has 4 rings (SSSR count). The average molecular weight is 424 g/mol. The van der Waals surface area contributed by atoms with Crippen LogP contribution in [0.5, 0.6) is 0 Å². The molecule has 0 spiro atoms. The van der Waals surface area contributed by atoms with Gasteiger partial charge < -0.3 is 14.7 Å². The monoisotopic (exact) mass is 423 g/mol. The third kappa shape index (κ3) is 4.24. The van der Waals surface area contributed by atoms with Crippen LogP contribution in [0.3, 0.4) is 0 Å². The lowest BCUT2D eigenvalue weighted by molar-refractivity contribution is -0.129. The Hall–Kier alpha value is -3.12. The third-order valence-corrected chi connectivity index (χ3v) is 5.57. The smallest absolute Gasteiger partial charge is 0.261 e. The fraction of sp³-hybridized carbons (Fsp3) is 0.261. The number of amides is 2. The molecule has 2 heterocycles. The summed E-state index contributed by atoms with van der Waals surface area (Å²) in [5, 5.41) is 7.40. The van der Waals surface area contributed by atoms with Crippen molar-refractivity contribution >= 4 is 29.1 Å². The second kappa shape index (κ2) is 8.71. The van der Waals surface area contributed by atoms with Crippen molar-refractivity contribution in [2.45, 2.75) is 26.2 Å². The van der Waals surface area contributed by atoms with E-state index in [1.165, 1.54) is 0 Å². The molecule has 1 saturated heterocycles. The quantitative estimate of drug-likeness (QED) is 0.644. The van der Waals surface area contributed by atoms with Crippen LogP contribution in [0.15, 0.2) is 53.1 Å². The van der Waals surface area contributed by atoms with Gasteiger partial charge in [0.05, 0.1) is 11.4 Å². The molecular weight excluding hydrogens is 402 g/mol. The van der Waals surface area contributed by atoms with E-state index in [2.05, 4.69) is 10.5 Å². The third-order valence-electron chi connectivity index (χ3n) is 5.24. The number of anilines is 1. The van der Waals surface area contributed by atoms with Crippen LogP contribution in [0.25, 0.3) is 11.3 Å². The van der Waals surface area contributed by atoms with E-state index in [-0.39, 0.29) is 11.8 Å². The van der Waals surface area contributed by atoms with Gasteiger partial charge in [0.15, 0.2) is 0 Å². The minimum atomic E-state index is -0.329. The van der Waals surface area contributed by atoms with Crippen LogP contribution in [0.1, 0.15) is 34.5 Å². The summed E-state index contributed by atoms with van der Waals surface area (Å²) < 4.78 is 5.26. The molecule has 30 heavy (non-hydrogen) atoms. The fourth-order valence-electron chi connectivity index (χ4n) is 3.63. The molecule has 7 heteroatoms. The van der Waals surface area contributed by atoms with Crippen LogP contribution >= 0.6 is 11.6 Å². The lowest BCUT2D eigenvalue weighted by atomic mass is 10.1. The van der Waals surface area contributed by atoms with Gasteiger partial charge in [0.1, 0.15) is 17.0 Å². The van der Waals surface area contributed by atoms with Crippen molar-refractivity contribution in [3.8, 4) is 11.3 Å². The first-order valence-electron chi connectivity index (χ1n) is 9.92. The van der Waals surface area contributed by atoms with Crippen LogP contribution in [-0.4, -0.2) is 35.0 Å². The van der Waals surface area contributed by atoms with Crippen molar-refractivity contribution in [2.75, 3.05) is 18.4 Å². The zero-order valence-electron chi connectivity index (χ0n) is 16.7. The molecule has 1 aliphatic heterocycles. The van der Waals surface area contributed by atoms with E-state index in [4.69, 9.17) is 16.1 Å². The Bertz CT molecular complexity index is 1070. The topological polar surface area (TPSA) is 75.4 Å². The minimum Gasteiger partial charge on any atom is -0.360 e. The predicted molar refractivity (Wildman–Crippen MR) is 116 cm³/mol. The number of nitrogens with one attached hydrogen (secondary N) is 1. The molecule has 2 amide bonds. The van der Waals surface area contributed by atoms with Gasteiger partial charge in [-0.1, -0.05) is 47.1 Å². The van der Waals surface area contributed by atoms with E-state index in [0.717, 1.165) is 31.5 Å². The molecular formula is C23H22ClN3O3. The van der Waals surface area contributed by atoms with Gasteiger partial charge in [-0.2, -0.15) is 0 Å². The van der Waals surface area contributed by atoms with Gasteiger partial charge in [0.25, 0.3) is 5.91 Å². The van der Waals surface area contributed by atoms with Gasteiger partial charge in [0.2, 0.25) is 5.91 Å². The normalized spacial score (nSPS) is 13.5. The van der Waals surface area contributed by atoms with Gasteiger partial charge in [-0.25, -0.2) is 0 Å². The number of rotatable bonds is 5. The molecule has 0 atom stereocenters. The van der Waals surface area contributed by atoms with Crippen LogP contribution in [0.2, 0.25) is 5.02 Å². The first-order valence-corrected chi connectivity index (χ1v) is 10.3. The summed E-state index contributed by atoms with van der Waals surface area (Å²) in [6.45, 7) is 3.38. The van der Waals surface area contributed by atoms with Crippen molar-refractivity contribution in [2.24, 2.45) is 0 Å². The number of aromatic nitrogens is 1. The molecule has 2 aromatic carbocycles. The van der Waals surface area contributed by atoms with Crippen molar-refractivity contribution in [1.29, 1.82) is 0 Å². The molecule has 1 aliphatic rings. The molecule has 0 radical (unpaired) electrons. The maximum absolute atomic E-state index is 12.9. The minimum absolute atomic E-state index is 0.147. The van der Waals surface area contributed by atoms with E-state index in [0.29, 0.717) is 39.7 Å². The van der Waals surface area contributed by atoms with Crippen molar-refractivity contribution < 1.29 is 14.1 Å². The Kier molecular flexibility index (Phi) is 5.86. The van der Waals surface area contributed by atoms with Gasteiger partial charge in [-0.3, -0.25) is 9.59 Å². The highest BCUT2D eigenvalue weighted by molar-refractivity contribution is 6.33. The van der Waals surface area contributed by atoms with E-state index in [1.54, 1.807) is 31.2 Å². The highest BCUT2D eigenvalue weighted by Gasteiger charge is 2.23. The Morgan fingerprint density at radius 2 is 1.80 bits per heavy atom. The second-order valence-corrected chi connectivity index (χ2v) is 7.77. The molecule has 0 aliphatic carbocycles. The van der Waals surface area contributed by atoms with Crippen LogP contribution in [-0.2, 0) is 11.2 Å². The van der Waals surface area contributed by atoms with Crippen molar-refractivity contribution in [3.05, 3.63) is 70.4 Å². The first-order chi connectivity index (χ1) is 14.5. The number of likely N-dealkylation sites (tertiary alicyclic amines) is 1. The molecule has 0 bridgehead atoms. The van der Waals surface area contributed by atoms with E-state index in [9.17, 15) is 9.59 Å².